The summed E-state index contributed by atoms with van der Waals surface area (Å²) in [4.78, 5) is 14.4. The summed E-state index contributed by atoms with van der Waals surface area (Å²) in [5, 5.41) is 3.66. The van der Waals surface area contributed by atoms with Crippen molar-refractivity contribution < 1.29 is 9.53 Å². The molecule has 1 aliphatic carbocycles. The number of amides is 1. The summed E-state index contributed by atoms with van der Waals surface area (Å²) >= 11 is 0. The summed E-state index contributed by atoms with van der Waals surface area (Å²) in [6, 6.07) is 0.283. The van der Waals surface area contributed by atoms with Crippen LogP contribution in [-0.2, 0) is 4.74 Å². The van der Waals surface area contributed by atoms with Crippen molar-refractivity contribution >= 4 is 6.09 Å². The molecule has 1 N–H and O–H groups in total. The normalized spacial score (nSPS) is 25.2. The molecule has 1 unspecified atom stereocenters. The molecule has 0 spiro atoms. The third-order valence-electron chi connectivity index (χ3n) is 5.25. The monoisotopic (exact) mass is 324 g/mol. The number of piperidine rings is 1. The highest BCUT2D eigenvalue weighted by Gasteiger charge is 2.31. The number of carbonyl (C=O) groups excluding carboxylic acids is 1. The lowest BCUT2D eigenvalue weighted by Gasteiger charge is -2.38. The summed E-state index contributed by atoms with van der Waals surface area (Å²) in [6.45, 7) is 11.0. The molecule has 1 amide bonds. The SMILES string of the molecule is CC1(CNCC2CCCCN2C(=O)OC(C)(C)C)CCCCC1. The van der Waals surface area contributed by atoms with Crippen molar-refractivity contribution in [2.24, 2.45) is 5.41 Å². The van der Waals surface area contributed by atoms with Gasteiger partial charge in [0, 0.05) is 25.7 Å². The summed E-state index contributed by atoms with van der Waals surface area (Å²) in [6.07, 6.45) is 10.0. The van der Waals surface area contributed by atoms with E-state index in [1.807, 2.05) is 25.7 Å². The van der Waals surface area contributed by atoms with Crippen LogP contribution >= 0.6 is 0 Å². The van der Waals surface area contributed by atoms with Gasteiger partial charge >= 0.3 is 6.09 Å². The lowest BCUT2D eigenvalue weighted by molar-refractivity contribution is 0.00962. The van der Waals surface area contributed by atoms with Gasteiger partial charge in [-0.3, -0.25) is 0 Å². The van der Waals surface area contributed by atoms with E-state index in [2.05, 4.69) is 12.2 Å². The van der Waals surface area contributed by atoms with E-state index in [1.165, 1.54) is 38.5 Å². The lowest BCUT2D eigenvalue weighted by Crippen LogP contribution is -2.51. The summed E-state index contributed by atoms with van der Waals surface area (Å²) < 4.78 is 5.58. The fourth-order valence-electron chi connectivity index (χ4n) is 3.90. The maximum Gasteiger partial charge on any atom is 0.410 e. The zero-order valence-corrected chi connectivity index (χ0v) is 15.6. The number of likely N-dealkylation sites (tertiary alicyclic amines) is 1. The van der Waals surface area contributed by atoms with Gasteiger partial charge in [-0.2, -0.15) is 0 Å². The first-order valence-corrected chi connectivity index (χ1v) is 9.49. The molecule has 1 saturated heterocycles. The predicted molar refractivity (Wildman–Crippen MR) is 94.6 cm³/mol. The molecule has 0 aromatic heterocycles. The number of ether oxygens (including phenoxy) is 1. The molecule has 1 atom stereocenters. The van der Waals surface area contributed by atoms with Crippen LogP contribution in [0, 0.1) is 5.41 Å². The van der Waals surface area contributed by atoms with Gasteiger partial charge < -0.3 is 15.0 Å². The largest absolute Gasteiger partial charge is 0.444 e. The van der Waals surface area contributed by atoms with E-state index >= 15 is 0 Å². The number of hydrogen-bond acceptors (Lipinski definition) is 3. The van der Waals surface area contributed by atoms with Crippen LogP contribution < -0.4 is 5.32 Å². The Morgan fingerprint density at radius 3 is 2.52 bits per heavy atom. The summed E-state index contributed by atoms with van der Waals surface area (Å²) in [5.41, 5.74) is 0.0335. The minimum Gasteiger partial charge on any atom is -0.444 e. The van der Waals surface area contributed by atoms with Crippen molar-refractivity contribution in [1.29, 1.82) is 0 Å². The van der Waals surface area contributed by atoms with Gasteiger partial charge in [0.1, 0.15) is 5.60 Å². The van der Waals surface area contributed by atoms with Crippen LogP contribution in [0.2, 0.25) is 0 Å². The molecule has 0 radical (unpaired) electrons. The molecule has 0 aromatic carbocycles. The first-order chi connectivity index (χ1) is 10.8. The maximum atomic E-state index is 12.4. The van der Waals surface area contributed by atoms with Gasteiger partial charge in [-0.05, 0) is 58.3 Å². The van der Waals surface area contributed by atoms with Gasteiger partial charge in [0.25, 0.3) is 0 Å². The molecule has 1 saturated carbocycles. The molecule has 2 aliphatic rings. The molecule has 23 heavy (non-hydrogen) atoms. The lowest BCUT2D eigenvalue weighted by atomic mass is 9.76. The Bertz CT molecular complexity index is 383. The van der Waals surface area contributed by atoms with Crippen LogP contribution in [0.3, 0.4) is 0 Å². The highest BCUT2D eigenvalue weighted by atomic mass is 16.6. The summed E-state index contributed by atoms with van der Waals surface area (Å²) in [5.74, 6) is 0. The van der Waals surface area contributed by atoms with Crippen molar-refractivity contribution in [3.05, 3.63) is 0 Å². The standard InChI is InChI=1S/C19H36N2O2/c1-18(2,3)23-17(22)21-13-9-6-10-16(21)14-20-15-19(4)11-7-5-8-12-19/h16,20H,5-15H2,1-4H3. The Morgan fingerprint density at radius 1 is 1.17 bits per heavy atom. The smallest absolute Gasteiger partial charge is 0.410 e. The first-order valence-electron chi connectivity index (χ1n) is 9.49. The number of nitrogens with one attached hydrogen (secondary N) is 1. The molecular weight excluding hydrogens is 288 g/mol. The van der Waals surface area contributed by atoms with Crippen LogP contribution in [0.25, 0.3) is 0 Å². The zero-order chi connectivity index (χ0) is 16.9. The molecule has 1 aliphatic heterocycles. The van der Waals surface area contributed by atoms with Gasteiger partial charge in [-0.25, -0.2) is 4.79 Å². The van der Waals surface area contributed by atoms with Gasteiger partial charge in [0.15, 0.2) is 0 Å². The van der Waals surface area contributed by atoms with Crippen LogP contribution in [0.5, 0.6) is 0 Å². The maximum absolute atomic E-state index is 12.4. The van der Waals surface area contributed by atoms with Gasteiger partial charge in [-0.15, -0.1) is 0 Å². The van der Waals surface area contributed by atoms with Crippen molar-refractivity contribution in [1.82, 2.24) is 10.2 Å². The second-order valence-corrected chi connectivity index (χ2v) is 8.83. The molecule has 4 heteroatoms. The number of nitrogens with zero attached hydrogens (tertiary/aromatic N) is 1. The predicted octanol–water partition coefficient (Wildman–Crippen LogP) is 4.34. The average Bonchev–Trinajstić information content (AvgIpc) is 2.46. The molecule has 134 valence electrons. The first kappa shape index (κ1) is 18.6. The van der Waals surface area contributed by atoms with Crippen LogP contribution in [0.15, 0.2) is 0 Å². The van der Waals surface area contributed by atoms with Crippen molar-refractivity contribution in [2.45, 2.75) is 90.7 Å². The third kappa shape index (κ3) is 5.98. The zero-order valence-electron chi connectivity index (χ0n) is 15.6. The molecule has 0 aromatic rings. The van der Waals surface area contributed by atoms with E-state index in [1.54, 1.807) is 0 Å². The highest BCUT2D eigenvalue weighted by Crippen LogP contribution is 2.35. The second kappa shape index (κ2) is 7.87. The minimum atomic E-state index is -0.415. The van der Waals surface area contributed by atoms with Crippen molar-refractivity contribution in [3.63, 3.8) is 0 Å². The number of hydrogen-bond donors (Lipinski definition) is 1. The summed E-state index contributed by atoms with van der Waals surface area (Å²) in [7, 11) is 0. The van der Waals surface area contributed by atoms with Crippen molar-refractivity contribution in [2.75, 3.05) is 19.6 Å². The Hall–Kier alpha value is -0.770. The van der Waals surface area contributed by atoms with E-state index in [4.69, 9.17) is 4.74 Å². The third-order valence-corrected chi connectivity index (χ3v) is 5.25. The van der Waals surface area contributed by atoms with E-state index in [9.17, 15) is 4.79 Å². The molecule has 2 fully saturated rings. The van der Waals surface area contributed by atoms with E-state index in [0.29, 0.717) is 5.41 Å². The fourth-order valence-corrected chi connectivity index (χ4v) is 3.90. The van der Waals surface area contributed by atoms with E-state index in [-0.39, 0.29) is 12.1 Å². The van der Waals surface area contributed by atoms with E-state index < -0.39 is 5.60 Å². The Morgan fingerprint density at radius 2 is 1.87 bits per heavy atom. The second-order valence-electron chi connectivity index (χ2n) is 8.83. The van der Waals surface area contributed by atoms with Crippen LogP contribution in [0.1, 0.15) is 79.1 Å². The molecular formula is C19H36N2O2. The fraction of sp³-hybridized carbons (Fsp3) is 0.947. The Labute approximate surface area is 142 Å². The van der Waals surface area contributed by atoms with Crippen molar-refractivity contribution in [3.8, 4) is 0 Å². The molecule has 4 nitrogen and oxygen atoms in total. The van der Waals surface area contributed by atoms with Crippen LogP contribution in [0.4, 0.5) is 4.79 Å². The number of carbonyl (C=O) groups is 1. The Kier molecular flexibility index (Phi) is 6.35. The number of rotatable bonds is 4. The van der Waals surface area contributed by atoms with Gasteiger partial charge in [0.05, 0.1) is 0 Å². The topological polar surface area (TPSA) is 41.6 Å². The molecule has 1 heterocycles. The van der Waals surface area contributed by atoms with Gasteiger partial charge in [0.2, 0.25) is 0 Å². The van der Waals surface area contributed by atoms with Gasteiger partial charge in [-0.1, -0.05) is 26.2 Å². The average molecular weight is 325 g/mol. The molecule has 0 bridgehead atoms. The highest BCUT2D eigenvalue weighted by molar-refractivity contribution is 5.68. The minimum absolute atomic E-state index is 0.145. The molecule has 2 rings (SSSR count). The Balaban J connectivity index is 1.82. The van der Waals surface area contributed by atoms with Crippen LogP contribution in [-0.4, -0.2) is 42.3 Å². The van der Waals surface area contributed by atoms with E-state index in [0.717, 1.165) is 32.5 Å². The quantitative estimate of drug-likeness (QED) is 0.836.